The predicted molar refractivity (Wildman–Crippen MR) is 111 cm³/mol. The highest BCUT2D eigenvalue weighted by atomic mass is 16.5. The highest BCUT2D eigenvalue weighted by molar-refractivity contribution is 5.90. The first-order valence-electron chi connectivity index (χ1n) is 10.3. The largest absolute Gasteiger partial charge is 0.372 e. The van der Waals surface area contributed by atoms with Crippen molar-refractivity contribution in [3.63, 3.8) is 0 Å². The molecule has 29 heavy (non-hydrogen) atoms. The summed E-state index contributed by atoms with van der Waals surface area (Å²) in [5.41, 5.74) is 5.53. The minimum Gasteiger partial charge on any atom is -0.372 e. The number of likely N-dealkylation sites (tertiary alicyclic amines) is 1. The highest BCUT2D eigenvalue weighted by Gasteiger charge is 2.39. The van der Waals surface area contributed by atoms with Crippen LogP contribution < -0.4 is 10.6 Å². The maximum atomic E-state index is 12.8. The second-order valence-corrected chi connectivity index (χ2v) is 8.18. The molecule has 6 nitrogen and oxygen atoms in total. The van der Waals surface area contributed by atoms with Gasteiger partial charge >= 0.3 is 6.03 Å². The number of nitrogens with one attached hydrogen (secondary N) is 2. The lowest BCUT2D eigenvalue weighted by Gasteiger charge is -2.40. The second kappa shape index (κ2) is 7.19. The normalized spacial score (nSPS) is 19.9. The Hall–Kier alpha value is -2.86. The van der Waals surface area contributed by atoms with Gasteiger partial charge in [-0.1, -0.05) is 30.3 Å². The van der Waals surface area contributed by atoms with Crippen LogP contribution in [-0.2, 0) is 16.0 Å². The number of fused-ring (bicyclic) bond motifs is 3. The van der Waals surface area contributed by atoms with Crippen molar-refractivity contribution >= 4 is 17.6 Å². The Morgan fingerprint density at radius 3 is 2.72 bits per heavy atom. The van der Waals surface area contributed by atoms with E-state index in [4.69, 9.17) is 4.74 Å². The molecule has 2 fully saturated rings. The van der Waals surface area contributed by atoms with E-state index in [-0.39, 0.29) is 11.9 Å². The molecule has 0 aromatic heterocycles. The van der Waals surface area contributed by atoms with E-state index >= 15 is 0 Å². The third kappa shape index (κ3) is 3.49. The number of urea groups is 1. The van der Waals surface area contributed by atoms with Gasteiger partial charge in [-0.3, -0.25) is 4.79 Å². The maximum absolute atomic E-state index is 12.8. The van der Waals surface area contributed by atoms with Crippen molar-refractivity contribution in [2.75, 3.05) is 31.6 Å². The summed E-state index contributed by atoms with van der Waals surface area (Å²) in [5.74, 6) is 0.0412. The molecule has 0 unspecified atom stereocenters. The van der Waals surface area contributed by atoms with Gasteiger partial charge in [-0.25, -0.2) is 4.79 Å². The first-order valence-corrected chi connectivity index (χ1v) is 10.3. The van der Waals surface area contributed by atoms with Crippen LogP contribution in [0, 0.1) is 0 Å². The summed E-state index contributed by atoms with van der Waals surface area (Å²) in [4.78, 5) is 26.5. The zero-order chi connectivity index (χ0) is 19.8. The molecule has 2 aromatic carbocycles. The predicted octanol–water partition coefficient (Wildman–Crippen LogP) is 3.16. The number of hydrogen-bond donors (Lipinski definition) is 2. The van der Waals surface area contributed by atoms with Gasteiger partial charge in [0.1, 0.15) is 0 Å². The third-order valence-electron chi connectivity index (χ3n) is 6.32. The Labute approximate surface area is 170 Å². The summed E-state index contributed by atoms with van der Waals surface area (Å²) in [5, 5.41) is 5.90. The van der Waals surface area contributed by atoms with E-state index in [9.17, 15) is 9.59 Å². The van der Waals surface area contributed by atoms with Gasteiger partial charge in [0.2, 0.25) is 5.91 Å². The fourth-order valence-electron chi connectivity index (χ4n) is 4.73. The molecule has 0 atom stereocenters. The number of carbonyl (C=O) groups excluding carboxylic acids is 2. The van der Waals surface area contributed by atoms with Crippen LogP contribution in [0.5, 0.6) is 0 Å². The van der Waals surface area contributed by atoms with E-state index in [1.54, 1.807) is 0 Å². The van der Waals surface area contributed by atoms with Crippen LogP contribution in [0.2, 0.25) is 0 Å². The lowest BCUT2D eigenvalue weighted by molar-refractivity contribution is -0.127. The number of benzene rings is 2. The number of ether oxygens (including phenoxy) is 1. The van der Waals surface area contributed by atoms with Crippen LogP contribution in [0.4, 0.5) is 10.5 Å². The quantitative estimate of drug-likeness (QED) is 0.669. The molecule has 6 heteroatoms. The summed E-state index contributed by atoms with van der Waals surface area (Å²) in [7, 11) is 0. The Bertz CT molecular complexity index is 964. The molecule has 1 aliphatic carbocycles. The molecule has 150 valence electrons. The summed E-state index contributed by atoms with van der Waals surface area (Å²) >= 11 is 0. The molecule has 2 saturated heterocycles. The molecule has 0 bridgehead atoms. The number of anilines is 1. The van der Waals surface area contributed by atoms with E-state index < -0.39 is 5.60 Å². The minimum atomic E-state index is -0.420. The third-order valence-corrected chi connectivity index (χ3v) is 6.32. The number of hydrogen-bond acceptors (Lipinski definition) is 3. The van der Waals surface area contributed by atoms with Crippen molar-refractivity contribution in [3.8, 4) is 11.1 Å². The van der Waals surface area contributed by atoms with Crippen molar-refractivity contribution in [2.45, 2.75) is 31.3 Å². The zero-order valence-corrected chi connectivity index (χ0v) is 16.4. The highest BCUT2D eigenvalue weighted by Crippen LogP contribution is 2.37. The van der Waals surface area contributed by atoms with E-state index in [0.717, 1.165) is 12.1 Å². The average Bonchev–Trinajstić information content (AvgIpc) is 2.99. The molecule has 1 spiro atoms. The van der Waals surface area contributed by atoms with Gasteiger partial charge in [0.25, 0.3) is 0 Å². The first kappa shape index (κ1) is 18.2. The van der Waals surface area contributed by atoms with Crippen LogP contribution in [-0.4, -0.2) is 48.7 Å². The molecule has 2 N–H and O–H groups in total. The van der Waals surface area contributed by atoms with Crippen molar-refractivity contribution in [1.82, 2.24) is 10.2 Å². The van der Waals surface area contributed by atoms with Crippen molar-refractivity contribution < 1.29 is 14.3 Å². The van der Waals surface area contributed by atoms with Crippen LogP contribution in [0.1, 0.15) is 30.4 Å². The number of carbonyl (C=O) groups is 2. The topological polar surface area (TPSA) is 70.7 Å². The number of nitrogens with zero attached hydrogens (tertiary/aromatic N) is 1. The summed E-state index contributed by atoms with van der Waals surface area (Å²) < 4.78 is 5.99. The number of amides is 3. The minimum absolute atomic E-state index is 0.0412. The molecule has 3 amide bonds. The zero-order valence-electron chi connectivity index (χ0n) is 16.4. The van der Waals surface area contributed by atoms with E-state index in [1.165, 1.54) is 22.3 Å². The summed E-state index contributed by atoms with van der Waals surface area (Å²) in [6.07, 6.45) is 2.66. The average molecular weight is 391 g/mol. The van der Waals surface area contributed by atoms with Crippen LogP contribution in [0.15, 0.2) is 42.5 Å². The SMILES string of the molecule is O=C1CC2(CCN(C(=O)Nc3ccc4c(c3)Cc3ccccc3-4)CC2)OCCN1. The van der Waals surface area contributed by atoms with E-state index in [0.29, 0.717) is 45.5 Å². The Kier molecular flexibility index (Phi) is 4.51. The molecule has 0 saturated carbocycles. The second-order valence-electron chi connectivity index (χ2n) is 8.18. The Morgan fingerprint density at radius 2 is 1.86 bits per heavy atom. The summed E-state index contributed by atoms with van der Waals surface area (Å²) in [6, 6.07) is 14.5. The van der Waals surface area contributed by atoms with Crippen molar-refractivity contribution in [1.29, 1.82) is 0 Å². The van der Waals surface area contributed by atoms with Crippen molar-refractivity contribution in [2.24, 2.45) is 0 Å². The molecule has 3 aliphatic rings. The number of piperidine rings is 1. The lowest BCUT2D eigenvalue weighted by Crippen LogP contribution is -2.50. The van der Waals surface area contributed by atoms with Gasteiger partial charge in [-0.05, 0) is 53.6 Å². The molecule has 0 radical (unpaired) electrons. The van der Waals surface area contributed by atoms with Gasteiger partial charge in [0.05, 0.1) is 18.6 Å². The fraction of sp³-hybridized carbons (Fsp3) is 0.391. The van der Waals surface area contributed by atoms with Gasteiger partial charge in [0.15, 0.2) is 0 Å². The van der Waals surface area contributed by atoms with Gasteiger partial charge in [-0.15, -0.1) is 0 Å². The van der Waals surface area contributed by atoms with Gasteiger partial charge in [-0.2, -0.15) is 0 Å². The molecular weight excluding hydrogens is 366 g/mol. The fourth-order valence-corrected chi connectivity index (χ4v) is 4.73. The number of rotatable bonds is 1. The van der Waals surface area contributed by atoms with Gasteiger partial charge < -0.3 is 20.3 Å². The van der Waals surface area contributed by atoms with E-state index in [2.05, 4.69) is 47.0 Å². The molecule has 5 rings (SSSR count). The lowest BCUT2D eigenvalue weighted by atomic mass is 9.87. The molecule has 2 aromatic rings. The van der Waals surface area contributed by atoms with Crippen LogP contribution in [0.3, 0.4) is 0 Å². The molecule has 2 aliphatic heterocycles. The molecule has 2 heterocycles. The Balaban J connectivity index is 1.23. The molecular formula is C23H25N3O3. The van der Waals surface area contributed by atoms with Gasteiger partial charge in [0, 0.05) is 25.3 Å². The summed E-state index contributed by atoms with van der Waals surface area (Å²) in [6.45, 7) is 2.29. The monoisotopic (exact) mass is 391 g/mol. The Morgan fingerprint density at radius 1 is 1.07 bits per heavy atom. The van der Waals surface area contributed by atoms with Crippen LogP contribution in [0.25, 0.3) is 11.1 Å². The first-order chi connectivity index (χ1) is 14.1. The van der Waals surface area contributed by atoms with Crippen molar-refractivity contribution in [3.05, 3.63) is 53.6 Å². The van der Waals surface area contributed by atoms with E-state index in [1.807, 2.05) is 11.0 Å². The standard InChI is InChI=1S/C23H25N3O3/c27-21-15-23(29-12-9-24-21)7-10-26(11-8-23)22(28)25-18-5-6-20-17(14-18)13-16-3-1-2-4-19(16)20/h1-6,14H,7-13,15H2,(H,24,27)(H,25,28). The van der Waals surface area contributed by atoms with Crippen LogP contribution >= 0.6 is 0 Å². The maximum Gasteiger partial charge on any atom is 0.321 e. The smallest absolute Gasteiger partial charge is 0.321 e.